The van der Waals surface area contributed by atoms with E-state index < -0.39 is 5.97 Å². The number of nitrogens with zero attached hydrogens (tertiary/aromatic N) is 5. The average molecular weight is 229 g/mol. The van der Waals surface area contributed by atoms with Gasteiger partial charge in [0, 0.05) is 12.4 Å². The van der Waals surface area contributed by atoms with Crippen molar-refractivity contribution >= 4 is 11.5 Å². The predicted octanol–water partition coefficient (Wildman–Crippen LogP) is 0.613. The highest BCUT2D eigenvalue weighted by molar-refractivity contribution is 5.95. The van der Waals surface area contributed by atoms with E-state index in [1.54, 1.807) is 29.3 Å². The number of aromatic nitrogens is 5. The molecule has 0 atom stereocenters. The highest BCUT2D eigenvalue weighted by Gasteiger charge is 2.12. The van der Waals surface area contributed by atoms with Crippen LogP contribution in [0.3, 0.4) is 0 Å². The van der Waals surface area contributed by atoms with Crippen molar-refractivity contribution in [2.45, 2.75) is 0 Å². The summed E-state index contributed by atoms with van der Waals surface area (Å²) in [5, 5.41) is 16.9. The van der Waals surface area contributed by atoms with E-state index in [0.29, 0.717) is 11.3 Å². The van der Waals surface area contributed by atoms with Crippen LogP contribution >= 0.6 is 0 Å². The van der Waals surface area contributed by atoms with Crippen LogP contribution in [-0.4, -0.2) is 35.5 Å². The Hall–Kier alpha value is -2.70. The molecule has 0 bridgehead atoms. The van der Waals surface area contributed by atoms with Gasteiger partial charge in [-0.05, 0) is 6.07 Å². The summed E-state index contributed by atoms with van der Waals surface area (Å²) in [5.74, 6) is -0.448. The van der Waals surface area contributed by atoms with Gasteiger partial charge in [0.1, 0.15) is 5.56 Å². The van der Waals surface area contributed by atoms with Crippen molar-refractivity contribution in [3.8, 4) is 5.82 Å². The fourth-order valence-electron chi connectivity index (χ4n) is 1.56. The third-order valence-electron chi connectivity index (χ3n) is 2.36. The van der Waals surface area contributed by atoms with Crippen LogP contribution in [0.1, 0.15) is 10.4 Å². The van der Waals surface area contributed by atoms with E-state index in [2.05, 4.69) is 15.2 Å². The molecule has 0 unspecified atom stereocenters. The summed E-state index contributed by atoms with van der Waals surface area (Å²) in [6, 6.07) is 1.78. The van der Waals surface area contributed by atoms with E-state index in [0.717, 1.165) is 0 Å². The molecule has 0 radical (unpaired) electrons. The molecule has 7 nitrogen and oxygen atoms in total. The molecule has 0 aliphatic heterocycles. The van der Waals surface area contributed by atoms with Gasteiger partial charge in [-0.25, -0.2) is 19.0 Å². The molecule has 3 rings (SSSR count). The molecule has 17 heavy (non-hydrogen) atoms. The second kappa shape index (κ2) is 3.41. The first-order valence-corrected chi connectivity index (χ1v) is 4.82. The van der Waals surface area contributed by atoms with Crippen molar-refractivity contribution in [2.24, 2.45) is 0 Å². The molecule has 3 heterocycles. The van der Waals surface area contributed by atoms with Crippen molar-refractivity contribution in [1.29, 1.82) is 0 Å². The van der Waals surface area contributed by atoms with E-state index in [9.17, 15) is 4.79 Å². The van der Waals surface area contributed by atoms with E-state index in [1.165, 1.54) is 16.9 Å². The van der Waals surface area contributed by atoms with Crippen molar-refractivity contribution < 1.29 is 9.90 Å². The van der Waals surface area contributed by atoms with Gasteiger partial charge in [0.05, 0.1) is 24.1 Å². The van der Waals surface area contributed by atoms with Gasteiger partial charge in [0.25, 0.3) is 0 Å². The number of rotatable bonds is 2. The number of carbonyl (C=O) groups is 1. The van der Waals surface area contributed by atoms with Gasteiger partial charge in [0.2, 0.25) is 0 Å². The molecule has 0 spiro atoms. The Morgan fingerprint density at radius 1 is 1.29 bits per heavy atom. The minimum absolute atomic E-state index is 0.129. The smallest absolute Gasteiger partial charge is 0.339 e. The lowest BCUT2D eigenvalue weighted by Crippen LogP contribution is -2.02. The zero-order valence-corrected chi connectivity index (χ0v) is 8.56. The van der Waals surface area contributed by atoms with Gasteiger partial charge in [-0.15, -0.1) is 0 Å². The lowest BCUT2D eigenvalue weighted by atomic mass is 10.3. The first-order chi connectivity index (χ1) is 8.25. The fourth-order valence-corrected chi connectivity index (χ4v) is 1.56. The summed E-state index contributed by atoms with van der Waals surface area (Å²) < 4.78 is 3.04. The molecule has 84 valence electrons. The maximum absolute atomic E-state index is 10.9. The molecule has 3 aromatic heterocycles. The molecule has 0 amide bonds. The molecular weight excluding hydrogens is 222 g/mol. The second-order valence-electron chi connectivity index (χ2n) is 3.39. The van der Waals surface area contributed by atoms with Crippen LogP contribution in [0.25, 0.3) is 11.3 Å². The SMILES string of the molecule is O=C(O)c1cnn2cc(-n3cccn3)ncc12. The molecule has 0 saturated carbocycles. The number of fused-ring (bicyclic) bond motifs is 1. The van der Waals surface area contributed by atoms with Crippen molar-refractivity contribution in [3.05, 3.63) is 42.6 Å². The lowest BCUT2D eigenvalue weighted by Gasteiger charge is -2.00. The lowest BCUT2D eigenvalue weighted by molar-refractivity contribution is 0.0699. The Morgan fingerprint density at radius 3 is 2.88 bits per heavy atom. The van der Waals surface area contributed by atoms with E-state index in [4.69, 9.17) is 5.11 Å². The minimum Gasteiger partial charge on any atom is -0.478 e. The van der Waals surface area contributed by atoms with Crippen molar-refractivity contribution in [2.75, 3.05) is 0 Å². The van der Waals surface area contributed by atoms with Crippen LogP contribution in [0.5, 0.6) is 0 Å². The molecule has 0 aliphatic rings. The topological polar surface area (TPSA) is 85.3 Å². The third kappa shape index (κ3) is 1.44. The van der Waals surface area contributed by atoms with Gasteiger partial charge in [-0.1, -0.05) is 0 Å². The molecule has 1 N–H and O–H groups in total. The monoisotopic (exact) mass is 229 g/mol. The van der Waals surface area contributed by atoms with Gasteiger partial charge in [0.15, 0.2) is 5.82 Å². The van der Waals surface area contributed by atoms with Crippen LogP contribution in [0.2, 0.25) is 0 Å². The van der Waals surface area contributed by atoms with E-state index >= 15 is 0 Å². The standard InChI is InChI=1S/C10H7N5O2/c16-10(17)7-4-13-15-6-9(11-5-8(7)15)14-3-1-2-12-14/h1-6H,(H,16,17). The molecule has 0 saturated heterocycles. The van der Waals surface area contributed by atoms with Crippen molar-refractivity contribution in [3.63, 3.8) is 0 Å². The maximum Gasteiger partial charge on any atom is 0.339 e. The number of hydrogen-bond donors (Lipinski definition) is 1. The zero-order chi connectivity index (χ0) is 11.8. The van der Waals surface area contributed by atoms with Gasteiger partial charge >= 0.3 is 5.97 Å². The van der Waals surface area contributed by atoms with E-state index in [1.807, 2.05) is 0 Å². The highest BCUT2D eigenvalue weighted by Crippen LogP contribution is 2.11. The van der Waals surface area contributed by atoms with Crippen LogP contribution in [0, 0.1) is 0 Å². The number of carboxylic acids is 1. The summed E-state index contributed by atoms with van der Waals surface area (Å²) in [7, 11) is 0. The molecule has 0 fully saturated rings. The van der Waals surface area contributed by atoms with Crippen LogP contribution in [0.15, 0.2) is 37.1 Å². The summed E-state index contributed by atoms with van der Waals surface area (Å²) in [5.41, 5.74) is 0.581. The van der Waals surface area contributed by atoms with Gasteiger partial charge in [-0.3, -0.25) is 0 Å². The first kappa shape index (κ1) is 9.52. The van der Waals surface area contributed by atoms with Gasteiger partial charge < -0.3 is 5.11 Å². The molecular formula is C10H7N5O2. The molecule has 3 aromatic rings. The fraction of sp³-hybridized carbons (Fsp3) is 0. The Labute approximate surface area is 94.9 Å². The summed E-state index contributed by atoms with van der Waals surface area (Å²) in [6.07, 6.45) is 7.77. The highest BCUT2D eigenvalue weighted by atomic mass is 16.4. The number of carboxylic acid groups (broad SMARTS) is 1. The average Bonchev–Trinajstić information content (AvgIpc) is 2.97. The Bertz CT molecular complexity index is 686. The summed E-state index contributed by atoms with van der Waals surface area (Å²) in [4.78, 5) is 15.0. The number of hydrogen-bond acceptors (Lipinski definition) is 4. The van der Waals surface area contributed by atoms with Crippen LogP contribution in [-0.2, 0) is 0 Å². The third-order valence-corrected chi connectivity index (χ3v) is 2.36. The first-order valence-electron chi connectivity index (χ1n) is 4.82. The van der Waals surface area contributed by atoms with Crippen molar-refractivity contribution in [1.82, 2.24) is 24.4 Å². The van der Waals surface area contributed by atoms with Crippen LogP contribution < -0.4 is 0 Å². The van der Waals surface area contributed by atoms with E-state index in [-0.39, 0.29) is 5.56 Å². The zero-order valence-electron chi connectivity index (χ0n) is 8.56. The Kier molecular flexibility index (Phi) is 1.91. The largest absolute Gasteiger partial charge is 0.478 e. The van der Waals surface area contributed by atoms with Gasteiger partial charge in [-0.2, -0.15) is 10.2 Å². The molecule has 0 aromatic carbocycles. The molecule has 0 aliphatic carbocycles. The second-order valence-corrected chi connectivity index (χ2v) is 3.39. The van der Waals surface area contributed by atoms with Crippen LogP contribution in [0.4, 0.5) is 0 Å². The summed E-state index contributed by atoms with van der Waals surface area (Å²) >= 11 is 0. The summed E-state index contributed by atoms with van der Waals surface area (Å²) in [6.45, 7) is 0. The Balaban J connectivity index is 2.18. The normalized spacial score (nSPS) is 10.8. The molecule has 7 heteroatoms. The number of aromatic carboxylic acids is 1. The minimum atomic E-state index is -1.02. The Morgan fingerprint density at radius 2 is 2.18 bits per heavy atom. The quantitative estimate of drug-likeness (QED) is 0.696. The predicted molar refractivity (Wildman–Crippen MR) is 57.1 cm³/mol. The maximum atomic E-state index is 10.9.